The zero-order valence-electron chi connectivity index (χ0n) is 16.3. The molecule has 25 heavy (non-hydrogen) atoms. The first-order valence-electron chi connectivity index (χ1n) is 10.3. The lowest BCUT2D eigenvalue weighted by Crippen LogP contribution is -2.26. The summed E-state index contributed by atoms with van der Waals surface area (Å²) in [4.78, 5) is 0. The van der Waals surface area contributed by atoms with Crippen LogP contribution in [0.15, 0.2) is 30.3 Å². The normalized spacial score (nSPS) is 13.6. The van der Waals surface area contributed by atoms with E-state index >= 15 is 0 Å². The van der Waals surface area contributed by atoms with E-state index in [-0.39, 0.29) is 10.7 Å². The second-order valence-electron chi connectivity index (χ2n) is 6.85. The monoisotopic (exact) mass is 382 g/mol. The number of unbranched alkanes of at least 4 members (excludes halogenated alkanes) is 8. The first-order chi connectivity index (χ1) is 12.3. The molecule has 0 amide bonds. The molecule has 1 rings (SSSR count). The Bertz CT molecular complexity index is 396. The van der Waals surface area contributed by atoms with E-state index < -0.39 is 0 Å². The summed E-state index contributed by atoms with van der Waals surface area (Å²) in [7, 11) is 0. The highest BCUT2D eigenvalue weighted by atomic mass is 32.2. The molecule has 0 N–H and O–H groups in total. The third-order valence-electron chi connectivity index (χ3n) is 4.48. The van der Waals surface area contributed by atoms with E-state index in [1.54, 1.807) is 0 Å². The van der Waals surface area contributed by atoms with E-state index in [0.29, 0.717) is 0 Å². The van der Waals surface area contributed by atoms with E-state index in [2.05, 4.69) is 26.0 Å². The highest BCUT2D eigenvalue weighted by molar-refractivity contribution is 8.10. The van der Waals surface area contributed by atoms with Gasteiger partial charge in [0.25, 0.3) is 0 Å². The van der Waals surface area contributed by atoms with E-state index in [1.807, 2.05) is 30.0 Å². The first-order valence-corrected chi connectivity index (χ1v) is 11.9. The van der Waals surface area contributed by atoms with Gasteiger partial charge in [-0.2, -0.15) is 12.6 Å². The van der Waals surface area contributed by atoms with Crippen molar-refractivity contribution >= 4 is 24.4 Å². The fraction of sp³-hybridized carbons (Fsp3) is 0.727. The number of hydrogen-bond donors (Lipinski definition) is 1. The van der Waals surface area contributed by atoms with Crippen LogP contribution in [0, 0.1) is 0 Å². The topological polar surface area (TPSA) is 9.23 Å². The summed E-state index contributed by atoms with van der Waals surface area (Å²) in [6.45, 7) is 4.53. The molecule has 0 bridgehead atoms. The van der Waals surface area contributed by atoms with Gasteiger partial charge >= 0.3 is 0 Å². The second kappa shape index (κ2) is 15.9. The third-order valence-corrected chi connectivity index (χ3v) is 6.43. The van der Waals surface area contributed by atoms with Crippen molar-refractivity contribution in [1.29, 1.82) is 0 Å². The van der Waals surface area contributed by atoms with Crippen LogP contribution in [0.4, 0.5) is 0 Å². The summed E-state index contributed by atoms with van der Waals surface area (Å²) in [5, 5.41) is 0. The lowest BCUT2D eigenvalue weighted by Gasteiger charge is -2.24. The molecule has 3 heteroatoms. The molecule has 0 aliphatic heterocycles. The zero-order chi connectivity index (χ0) is 18.2. The van der Waals surface area contributed by atoms with Crippen molar-refractivity contribution in [2.75, 3.05) is 5.75 Å². The highest BCUT2D eigenvalue weighted by Gasteiger charge is 2.20. The summed E-state index contributed by atoms with van der Waals surface area (Å²) in [6, 6.07) is 10.2. The average molecular weight is 383 g/mol. The molecule has 1 nitrogen and oxygen atoms in total. The van der Waals surface area contributed by atoms with Crippen LogP contribution in [-0.4, -0.2) is 16.4 Å². The molecule has 0 saturated heterocycles. The lowest BCUT2D eigenvalue weighted by molar-refractivity contribution is 0.204. The summed E-state index contributed by atoms with van der Waals surface area (Å²) in [5.74, 6) is 2.17. The van der Waals surface area contributed by atoms with E-state index in [9.17, 15) is 0 Å². The van der Waals surface area contributed by atoms with Crippen molar-refractivity contribution in [2.45, 2.75) is 95.2 Å². The lowest BCUT2D eigenvalue weighted by atomic mass is 10.1. The minimum atomic E-state index is 0.202. The summed E-state index contributed by atoms with van der Waals surface area (Å²) in [5.41, 5.74) is 0. The molecule has 0 aliphatic carbocycles. The fourth-order valence-electron chi connectivity index (χ4n) is 2.90. The number of benzene rings is 1. The Morgan fingerprint density at radius 2 is 1.44 bits per heavy atom. The smallest absolute Gasteiger partial charge is 0.119 e. The Hall–Kier alpha value is -0.280. The minimum Gasteiger partial charge on any atom is -0.488 e. The van der Waals surface area contributed by atoms with Gasteiger partial charge in [-0.1, -0.05) is 83.4 Å². The Morgan fingerprint density at radius 1 is 0.840 bits per heavy atom. The van der Waals surface area contributed by atoms with Gasteiger partial charge in [0.05, 0.1) is 4.58 Å². The van der Waals surface area contributed by atoms with Crippen LogP contribution in [0.25, 0.3) is 0 Å². The van der Waals surface area contributed by atoms with Crippen LogP contribution in [0.1, 0.15) is 84.5 Å². The van der Waals surface area contributed by atoms with Gasteiger partial charge in [0.1, 0.15) is 11.9 Å². The number of rotatable bonds is 16. The quantitative estimate of drug-likeness (QED) is 0.178. The number of hydrogen-bond acceptors (Lipinski definition) is 3. The number of thiol groups is 1. The van der Waals surface area contributed by atoms with Crippen molar-refractivity contribution in [3.63, 3.8) is 0 Å². The van der Waals surface area contributed by atoms with E-state index in [1.165, 1.54) is 70.0 Å². The molecule has 2 atom stereocenters. The first kappa shape index (κ1) is 22.8. The number of ether oxygens (including phenoxy) is 1. The second-order valence-corrected chi connectivity index (χ2v) is 9.00. The van der Waals surface area contributed by atoms with Gasteiger partial charge in [-0.15, -0.1) is 11.8 Å². The molecular formula is C22H38OS2. The molecule has 0 heterocycles. The third kappa shape index (κ3) is 11.9. The van der Waals surface area contributed by atoms with Crippen LogP contribution >= 0.6 is 24.4 Å². The van der Waals surface area contributed by atoms with E-state index in [0.717, 1.165) is 12.2 Å². The van der Waals surface area contributed by atoms with Crippen LogP contribution in [-0.2, 0) is 0 Å². The summed E-state index contributed by atoms with van der Waals surface area (Å²) >= 11 is 6.85. The van der Waals surface area contributed by atoms with Gasteiger partial charge in [-0.05, 0) is 37.1 Å². The van der Waals surface area contributed by atoms with Gasteiger partial charge < -0.3 is 4.74 Å². The maximum atomic E-state index is 6.27. The molecule has 0 aliphatic rings. The largest absolute Gasteiger partial charge is 0.488 e. The van der Waals surface area contributed by atoms with Gasteiger partial charge in [-0.25, -0.2) is 0 Å². The van der Waals surface area contributed by atoms with Crippen molar-refractivity contribution in [1.82, 2.24) is 0 Å². The van der Waals surface area contributed by atoms with Crippen molar-refractivity contribution in [2.24, 2.45) is 0 Å². The Morgan fingerprint density at radius 3 is 2.12 bits per heavy atom. The van der Waals surface area contributed by atoms with Gasteiger partial charge in [0.2, 0.25) is 0 Å². The average Bonchev–Trinajstić information content (AvgIpc) is 2.64. The van der Waals surface area contributed by atoms with Gasteiger partial charge in [0.15, 0.2) is 0 Å². The summed E-state index contributed by atoms with van der Waals surface area (Å²) < 4.78 is 6.53. The molecule has 1 aromatic rings. The van der Waals surface area contributed by atoms with Crippen LogP contribution < -0.4 is 4.74 Å². The molecule has 144 valence electrons. The number of thioether (sulfide) groups is 1. The fourth-order valence-corrected chi connectivity index (χ4v) is 4.44. The minimum absolute atomic E-state index is 0.202. The molecule has 0 fully saturated rings. The highest BCUT2D eigenvalue weighted by Crippen LogP contribution is 2.27. The molecule has 0 spiro atoms. The Kier molecular flexibility index (Phi) is 14.5. The maximum Gasteiger partial charge on any atom is 0.119 e. The van der Waals surface area contributed by atoms with Crippen LogP contribution in [0.5, 0.6) is 5.75 Å². The Labute approximate surface area is 166 Å². The van der Waals surface area contributed by atoms with Crippen molar-refractivity contribution < 1.29 is 4.74 Å². The van der Waals surface area contributed by atoms with Gasteiger partial charge in [0, 0.05) is 0 Å². The molecular weight excluding hydrogens is 344 g/mol. The van der Waals surface area contributed by atoms with E-state index in [4.69, 9.17) is 17.4 Å². The predicted molar refractivity (Wildman–Crippen MR) is 118 cm³/mol. The molecule has 0 radical (unpaired) electrons. The van der Waals surface area contributed by atoms with Crippen LogP contribution in [0.3, 0.4) is 0 Å². The number of para-hydroxylation sites is 1. The zero-order valence-corrected chi connectivity index (χ0v) is 18.0. The maximum absolute atomic E-state index is 6.27. The molecule has 2 unspecified atom stereocenters. The van der Waals surface area contributed by atoms with Crippen molar-refractivity contribution in [3.05, 3.63) is 30.3 Å². The standard InChI is InChI=1S/C22H38OS2/c1-3-5-7-9-10-15-19-25-22(24)21(18-14-8-6-4-2)23-20-16-12-11-13-17-20/h11-13,16-17,21-22,24H,3-10,14-15,18-19H2,1-2H3. The van der Waals surface area contributed by atoms with Crippen molar-refractivity contribution in [3.8, 4) is 5.75 Å². The Balaban J connectivity index is 2.33. The SMILES string of the molecule is CCCCCCCCSC(S)C(CCCCCC)Oc1ccccc1. The molecule has 0 saturated carbocycles. The van der Waals surface area contributed by atoms with Crippen LogP contribution in [0.2, 0.25) is 0 Å². The predicted octanol–water partition coefficient (Wildman–Crippen LogP) is 7.75. The summed E-state index contributed by atoms with van der Waals surface area (Å²) in [6.07, 6.45) is 14.6. The molecule has 0 aromatic heterocycles. The molecule has 1 aromatic carbocycles. The van der Waals surface area contributed by atoms with Gasteiger partial charge in [-0.3, -0.25) is 0 Å².